The second-order valence-corrected chi connectivity index (χ2v) is 6.75. The molecule has 0 aliphatic carbocycles. The van der Waals surface area contributed by atoms with Gasteiger partial charge in [0.25, 0.3) is 0 Å². The van der Waals surface area contributed by atoms with Crippen molar-refractivity contribution in [2.24, 2.45) is 4.99 Å². The number of rotatable bonds is 6. The Bertz CT molecular complexity index is 945. The minimum absolute atomic E-state index is 0.0502. The molecule has 1 fully saturated rings. The van der Waals surface area contributed by atoms with Gasteiger partial charge in [-0.2, -0.15) is 0 Å². The molecule has 2 aromatic rings. The van der Waals surface area contributed by atoms with E-state index in [0.717, 1.165) is 12.8 Å². The van der Waals surface area contributed by atoms with Gasteiger partial charge >= 0.3 is 0 Å². The van der Waals surface area contributed by atoms with Gasteiger partial charge in [0, 0.05) is 42.3 Å². The van der Waals surface area contributed by atoms with Crippen LogP contribution in [0.5, 0.6) is 5.75 Å². The maximum atomic E-state index is 15.2. The zero-order valence-corrected chi connectivity index (χ0v) is 16.5. The van der Waals surface area contributed by atoms with Crippen molar-refractivity contribution in [3.05, 3.63) is 47.2 Å². The van der Waals surface area contributed by atoms with Gasteiger partial charge < -0.3 is 24.9 Å². The molecule has 8 heteroatoms. The molecule has 0 spiro atoms. The number of halogens is 1. The summed E-state index contributed by atoms with van der Waals surface area (Å²) < 4.78 is 26.4. The number of amidine groups is 1. The normalized spacial score (nSPS) is 15.6. The van der Waals surface area contributed by atoms with Crippen molar-refractivity contribution in [3.8, 4) is 17.0 Å². The van der Waals surface area contributed by atoms with E-state index in [2.05, 4.69) is 22.0 Å². The molecule has 0 unspecified atom stereocenters. The zero-order valence-electron chi connectivity index (χ0n) is 16.5. The first kappa shape index (κ1) is 20.6. The van der Waals surface area contributed by atoms with Crippen LogP contribution in [-0.2, 0) is 4.74 Å². The zero-order chi connectivity index (χ0) is 21.0. The number of aromatic amines is 1. The molecule has 0 saturated carbocycles. The van der Waals surface area contributed by atoms with Crippen LogP contribution in [0.2, 0.25) is 0 Å². The number of hydrogen-bond donors (Lipinski definition) is 4. The van der Waals surface area contributed by atoms with Crippen molar-refractivity contribution < 1.29 is 19.0 Å². The molecule has 0 bridgehead atoms. The fourth-order valence-corrected chi connectivity index (χ4v) is 3.26. The molecule has 4 N–H and O–H groups in total. The predicted molar refractivity (Wildman–Crippen MR) is 111 cm³/mol. The van der Waals surface area contributed by atoms with Gasteiger partial charge in [-0.3, -0.25) is 5.41 Å². The van der Waals surface area contributed by atoms with Crippen LogP contribution in [-0.4, -0.2) is 49.0 Å². The van der Waals surface area contributed by atoms with E-state index in [1.807, 2.05) is 0 Å². The molecule has 1 saturated heterocycles. The highest BCUT2D eigenvalue weighted by Crippen LogP contribution is 2.33. The predicted octanol–water partition coefficient (Wildman–Crippen LogP) is 3.87. The lowest BCUT2D eigenvalue weighted by atomic mass is 10.1. The molecule has 1 aromatic heterocycles. The SMILES string of the molecule is C=NC(=N)c1[nH]c(-c2cccc(OC3CCOCC3)c2F)cc1C(C)=C(O)NC. The molecule has 154 valence electrons. The molecule has 2 heterocycles. The van der Waals surface area contributed by atoms with E-state index in [0.29, 0.717) is 41.3 Å². The van der Waals surface area contributed by atoms with Gasteiger partial charge in [-0.05, 0) is 31.8 Å². The van der Waals surface area contributed by atoms with E-state index < -0.39 is 5.82 Å². The van der Waals surface area contributed by atoms with Gasteiger partial charge in [-0.1, -0.05) is 6.07 Å². The Balaban J connectivity index is 2.02. The Kier molecular flexibility index (Phi) is 6.33. The summed E-state index contributed by atoms with van der Waals surface area (Å²) >= 11 is 0. The highest BCUT2D eigenvalue weighted by atomic mass is 19.1. The van der Waals surface area contributed by atoms with E-state index in [1.165, 1.54) is 0 Å². The van der Waals surface area contributed by atoms with Gasteiger partial charge in [0.1, 0.15) is 6.10 Å². The van der Waals surface area contributed by atoms with Gasteiger partial charge in [-0.15, -0.1) is 0 Å². The van der Waals surface area contributed by atoms with Gasteiger partial charge in [0.15, 0.2) is 23.3 Å². The second kappa shape index (κ2) is 8.91. The van der Waals surface area contributed by atoms with Crippen molar-refractivity contribution in [2.75, 3.05) is 20.3 Å². The number of aliphatic imine (C=N–C) groups is 1. The molecule has 1 aliphatic heterocycles. The smallest absolute Gasteiger partial charge is 0.187 e. The summed E-state index contributed by atoms with van der Waals surface area (Å²) in [6, 6.07) is 6.63. The van der Waals surface area contributed by atoms with Crippen LogP contribution in [0, 0.1) is 11.2 Å². The van der Waals surface area contributed by atoms with Crippen LogP contribution in [0.25, 0.3) is 16.8 Å². The number of H-pyrrole nitrogens is 1. The van der Waals surface area contributed by atoms with Crippen molar-refractivity contribution >= 4 is 18.1 Å². The van der Waals surface area contributed by atoms with E-state index >= 15 is 4.39 Å². The van der Waals surface area contributed by atoms with Crippen LogP contribution in [0.15, 0.2) is 35.1 Å². The average molecular weight is 400 g/mol. The highest BCUT2D eigenvalue weighted by molar-refractivity contribution is 6.02. The largest absolute Gasteiger partial charge is 0.495 e. The third-order valence-electron chi connectivity index (χ3n) is 4.92. The average Bonchev–Trinajstić information content (AvgIpc) is 3.19. The van der Waals surface area contributed by atoms with E-state index in [-0.39, 0.29) is 23.6 Å². The molecule has 3 rings (SSSR count). The first-order valence-corrected chi connectivity index (χ1v) is 9.36. The molecule has 0 radical (unpaired) electrons. The first-order chi connectivity index (χ1) is 14.0. The third kappa shape index (κ3) is 4.32. The molecule has 0 atom stereocenters. The molecule has 1 aliphatic rings. The standard InChI is InChI=1S/C21H25FN4O3/c1-12(21(27)25-3)15-11-16(26-19(15)20(23)24-2)14-5-4-6-17(18(14)22)29-13-7-9-28-10-8-13/h4-6,11,13,23,25-27H,2,7-10H2,1,3H3. The third-order valence-corrected chi connectivity index (χ3v) is 4.92. The summed E-state index contributed by atoms with van der Waals surface area (Å²) in [7, 11) is 1.58. The minimum atomic E-state index is -0.490. The van der Waals surface area contributed by atoms with Crippen molar-refractivity contribution in [2.45, 2.75) is 25.9 Å². The summed E-state index contributed by atoms with van der Waals surface area (Å²) in [5.41, 5.74) is 2.11. The fraction of sp³-hybridized carbons (Fsp3) is 0.333. The number of benzene rings is 1. The summed E-state index contributed by atoms with van der Waals surface area (Å²) in [5, 5.41) is 20.8. The number of aliphatic hydroxyl groups is 1. The second-order valence-electron chi connectivity index (χ2n) is 6.75. The number of allylic oxidation sites excluding steroid dienone is 1. The van der Waals surface area contributed by atoms with Crippen LogP contribution in [0.1, 0.15) is 31.0 Å². The van der Waals surface area contributed by atoms with Crippen LogP contribution >= 0.6 is 0 Å². The first-order valence-electron chi connectivity index (χ1n) is 9.36. The minimum Gasteiger partial charge on any atom is -0.495 e. The van der Waals surface area contributed by atoms with Crippen molar-refractivity contribution in [1.82, 2.24) is 10.3 Å². The van der Waals surface area contributed by atoms with Gasteiger partial charge in [0.2, 0.25) is 0 Å². The number of nitrogens with one attached hydrogen (secondary N) is 3. The maximum Gasteiger partial charge on any atom is 0.187 e. The topological polar surface area (TPSA) is 103 Å². The molecule has 29 heavy (non-hydrogen) atoms. The fourth-order valence-electron chi connectivity index (χ4n) is 3.26. The Morgan fingerprint density at radius 1 is 1.41 bits per heavy atom. The van der Waals surface area contributed by atoms with E-state index in [9.17, 15) is 5.11 Å². The lowest BCUT2D eigenvalue weighted by Crippen LogP contribution is -2.26. The van der Waals surface area contributed by atoms with E-state index in [4.69, 9.17) is 14.9 Å². The Morgan fingerprint density at radius 3 is 2.79 bits per heavy atom. The molecular weight excluding hydrogens is 375 g/mol. The van der Waals surface area contributed by atoms with E-state index in [1.54, 1.807) is 38.2 Å². The Morgan fingerprint density at radius 2 is 2.14 bits per heavy atom. The number of aliphatic hydroxyl groups excluding tert-OH is 1. The quantitative estimate of drug-likeness (QED) is 0.336. The van der Waals surface area contributed by atoms with Crippen molar-refractivity contribution in [3.63, 3.8) is 0 Å². The lowest BCUT2D eigenvalue weighted by Gasteiger charge is -2.23. The monoisotopic (exact) mass is 400 g/mol. The summed E-state index contributed by atoms with van der Waals surface area (Å²) in [6.07, 6.45) is 1.35. The molecule has 0 amide bonds. The lowest BCUT2D eigenvalue weighted by molar-refractivity contribution is 0.0241. The summed E-state index contributed by atoms with van der Waals surface area (Å²) in [4.78, 5) is 6.69. The molecule has 1 aromatic carbocycles. The number of ether oxygens (including phenoxy) is 2. The summed E-state index contributed by atoms with van der Waals surface area (Å²) in [5.74, 6) is -0.472. The summed E-state index contributed by atoms with van der Waals surface area (Å²) in [6.45, 7) is 6.29. The molecule has 7 nitrogen and oxygen atoms in total. The number of hydrogen-bond acceptors (Lipinski definition) is 5. The Labute approximate surface area is 168 Å². The van der Waals surface area contributed by atoms with Crippen LogP contribution in [0.3, 0.4) is 0 Å². The Hall–Kier alpha value is -3.13. The van der Waals surface area contributed by atoms with Crippen LogP contribution in [0.4, 0.5) is 4.39 Å². The van der Waals surface area contributed by atoms with Crippen molar-refractivity contribution in [1.29, 1.82) is 5.41 Å². The highest BCUT2D eigenvalue weighted by Gasteiger charge is 2.22. The number of nitrogens with zero attached hydrogens (tertiary/aromatic N) is 1. The van der Waals surface area contributed by atoms with Crippen LogP contribution < -0.4 is 10.1 Å². The maximum absolute atomic E-state index is 15.2. The number of aromatic nitrogens is 1. The molecular formula is C21H25FN4O3. The van der Waals surface area contributed by atoms with Gasteiger partial charge in [-0.25, -0.2) is 9.38 Å². The van der Waals surface area contributed by atoms with Gasteiger partial charge in [0.05, 0.1) is 18.9 Å².